The maximum absolute atomic E-state index is 5.44. The molecule has 1 aliphatic carbocycles. The lowest BCUT2D eigenvalue weighted by Crippen LogP contribution is -2.18. The van der Waals surface area contributed by atoms with Crippen LogP contribution < -0.4 is 5.32 Å². The molecule has 0 radical (unpaired) electrons. The Kier molecular flexibility index (Phi) is 2.26. The summed E-state index contributed by atoms with van der Waals surface area (Å²) in [6.45, 7) is 1.59. The second kappa shape index (κ2) is 3.62. The normalized spacial score (nSPS) is 21.4. The maximum Gasteiger partial charge on any atom is 0.0725 e. The standard InChI is InChI=1S/C13H17NO/c1-14-13(9-2-3-9)10-4-5-11-7-15-8-12(11)6-10/h4-6,9,13-14H,2-3,7-8H2,1H3. The summed E-state index contributed by atoms with van der Waals surface area (Å²) in [5, 5.41) is 3.43. The van der Waals surface area contributed by atoms with Crippen LogP contribution in [0.2, 0.25) is 0 Å². The van der Waals surface area contributed by atoms with Crippen LogP contribution in [0.5, 0.6) is 0 Å². The van der Waals surface area contributed by atoms with Gasteiger partial charge in [-0.2, -0.15) is 0 Å². The Balaban J connectivity index is 1.90. The van der Waals surface area contributed by atoms with Crippen LogP contribution in [0, 0.1) is 5.92 Å². The molecule has 1 N–H and O–H groups in total. The summed E-state index contributed by atoms with van der Waals surface area (Å²) in [5.74, 6) is 0.857. The zero-order chi connectivity index (χ0) is 10.3. The lowest BCUT2D eigenvalue weighted by atomic mass is 9.98. The van der Waals surface area contributed by atoms with Gasteiger partial charge in [-0.05, 0) is 42.5 Å². The van der Waals surface area contributed by atoms with E-state index in [1.54, 1.807) is 0 Å². The van der Waals surface area contributed by atoms with E-state index in [9.17, 15) is 0 Å². The molecule has 1 saturated carbocycles. The minimum atomic E-state index is 0.552. The largest absolute Gasteiger partial charge is 0.372 e. The molecule has 1 fully saturated rings. The number of ether oxygens (including phenoxy) is 1. The Bertz CT molecular complexity index is 371. The van der Waals surface area contributed by atoms with Gasteiger partial charge in [0.2, 0.25) is 0 Å². The molecule has 1 aromatic carbocycles. The van der Waals surface area contributed by atoms with Crippen molar-refractivity contribution in [1.29, 1.82) is 0 Å². The lowest BCUT2D eigenvalue weighted by Gasteiger charge is -2.16. The summed E-state index contributed by atoms with van der Waals surface area (Å²) >= 11 is 0. The smallest absolute Gasteiger partial charge is 0.0725 e. The molecule has 2 heteroatoms. The third kappa shape index (κ3) is 1.68. The molecular weight excluding hydrogens is 186 g/mol. The van der Waals surface area contributed by atoms with Crippen molar-refractivity contribution in [1.82, 2.24) is 5.32 Å². The van der Waals surface area contributed by atoms with Gasteiger partial charge in [0.1, 0.15) is 0 Å². The third-order valence-corrected chi connectivity index (χ3v) is 3.51. The highest BCUT2D eigenvalue weighted by Gasteiger charge is 2.31. The number of hydrogen-bond donors (Lipinski definition) is 1. The first-order valence-electron chi connectivity index (χ1n) is 5.75. The van der Waals surface area contributed by atoms with E-state index in [1.807, 2.05) is 0 Å². The van der Waals surface area contributed by atoms with Gasteiger partial charge in [-0.1, -0.05) is 18.2 Å². The molecule has 0 spiro atoms. The molecule has 3 rings (SSSR count). The molecular formula is C13H17NO. The van der Waals surface area contributed by atoms with Gasteiger partial charge in [0.15, 0.2) is 0 Å². The Labute approximate surface area is 90.6 Å². The molecule has 1 atom stereocenters. The van der Waals surface area contributed by atoms with Crippen molar-refractivity contribution in [3.8, 4) is 0 Å². The van der Waals surface area contributed by atoms with Crippen LogP contribution in [0.25, 0.3) is 0 Å². The SMILES string of the molecule is CNC(c1ccc2c(c1)COC2)C1CC1. The molecule has 2 aliphatic rings. The average Bonchev–Trinajstić information content (AvgIpc) is 2.97. The van der Waals surface area contributed by atoms with Crippen LogP contribution in [0.15, 0.2) is 18.2 Å². The highest BCUT2D eigenvalue weighted by Crippen LogP contribution is 2.41. The van der Waals surface area contributed by atoms with Crippen LogP contribution >= 0.6 is 0 Å². The number of fused-ring (bicyclic) bond motifs is 1. The first-order valence-corrected chi connectivity index (χ1v) is 5.75. The summed E-state index contributed by atoms with van der Waals surface area (Å²) < 4.78 is 5.44. The van der Waals surface area contributed by atoms with Gasteiger partial charge >= 0.3 is 0 Å². The molecule has 15 heavy (non-hydrogen) atoms. The Morgan fingerprint density at radius 3 is 2.80 bits per heavy atom. The van der Waals surface area contributed by atoms with E-state index in [2.05, 4.69) is 30.6 Å². The Morgan fingerprint density at radius 1 is 1.27 bits per heavy atom. The highest BCUT2D eigenvalue weighted by molar-refractivity contribution is 5.35. The molecule has 1 heterocycles. The van der Waals surface area contributed by atoms with Gasteiger partial charge in [-0.15, -0.1) is 0 Å². The number of nitrogens with one attached hydrogen (secondary N) is 1. The Morgan fingerprint density at radius 2 is 2.07 bits per heavy atom. The van der Waals surface area contributed by atoms with E-state index in [-0.39, 0.29) is 0 Å². The number of hydrogen-bond acceptors (Lipinski definition) is 2. The first kappa shape index (κ1) is 9.37. The monoisotopic (exact) mass is 203 g/mol. The predicted molar refractivity (Wildman–Crippen MR) is 59.5 cm³/mol. The van der Waals surface area contributed by atoms with Crippen LogP contribution in [0.3, 0.4) is 0 Å². The van der Waals surface area contributed by atoms with Crippen LogP contribution in [0.1, 0.15) is 35.6 Å². The highest BCUT2D eigenvalue weighted by atomic mass is 16.5. The molecule has 0 aromatic heterocycles. The van der Waals surface area contributed by atoms with E-state index < -0.39 is 0 Å². The molecule has 1 unspecified atom stereocenters. The molecule has 0 bridgehead atoms. The van der Waals surface area contributed by atoms with Crippen molar-refractivity contribution in [2.45, 2.75) is 32.1 Å². The third-order valence-electron chi connectivity index (χ3n) is 3.51. The fraction of sp³-hybridized carbons (Fsp3) is 0.538. The maximum atomic E-state index is 5.44. The zero-order valence-corrected chi connectivity index (χ0v) is 9.12. The van der Waals surface area contributed by atoms with E-state index in [0.717, 1.165) is 19.1 Å². The van der Waals surface area contributed by atoms with Gasteiger partial charge in [0.05, 0.1) is 13.2 Å². The molecule has 2 nitrogen and oxygen atoms in total. The lowest BCUT2D eigenvalue weighted by molar-refractivity contribution is 0.134. The quantitative estimate of drug-likeness (QED) is 0.814. The van der Waals surface area contributed by atoms with Crippen molar-refractivity contribution in [3.63, 3.8) is 0 Å². The molecule has 1 aromatic rings. The van der Waals surface area contributed by atoms with Crippen molar-refractivity contribution in [3.05, 3.63) is 34.9 Å². The summed E-state index contributed by atoms with van der Waals surface area (Å²) in [6, 6.07) is 7.36. The molecule has 1 aliphatic heterocycles. The number of benzene rings is 1. The van der Waals surface area contributed by atoms with E-state index in [4.69, 9.17) is 4.74 Å². The summed E-state index contributed by atoms with van der Waals surface area (Å²) in [5.41, 5.74) is 4.18. The van der Waals surface area contributed by atoms with Crippen LogP contribution in [0.4, 0.5) is 0 Å². The van der Waals surface area contributed by atoms with Crippen molar-refractivity contribution in [2.75, 3.05) is 7.05 Å². The van der Waals surface area contributed by atoms with Crippen LogP contribution in [-0.4, -0.2) is 7.05 Å². The minimum Gasteiger partial charge on any atom is -0.372 e. The fourth-order valence-corrected chi connectivity index (χ4v) is 2.49. The second-order valence-electron chi connectivity index (χ2n) is 4.62. The fourth-order valence-electron chi connectivity index (χ4n) is 2.49. The predicted octanol–water partition coefficient (Wildman–Crippen LogP) is 2.39. The van der Waals surface area contributed by atoms with E-state index in [1.165, 1.54) is 29.5 Å². The van der Waals surface area contributed by atoms with E-state index in [0.29, 0.717) is 6.04 Å². The van der Waals surface area contributed by atoms with E-state index >= 15 is 0 Å². The van der Waals surface area contributed by atoms with Crippen molar-refractivity contribution >= 4 is 0 Å². The van der Waals surface area contributed by atoms with Gasteiger partial charge in [-0.3, -0.25) is 0 Å². The van der Waals surface area contributed by atoms with Crippen molar-refractivity contribution < 1.29 is 4.74 Å². The molecule has 0 saturated heterocycles. The van der Waals surface area contributed by atoms with Crippen LogP contribution in [-0.2, 0) is 18.0 Å². The first-order chi connectivity index (χ1) is 7.38. The average molecular weight is 203 g/mol. The molecule has 0 amide bonds. The summed E-state index contributed by atoms with van der Waals surface area (Å²) in [4.78, 5) is 0. The Hall–Kier alpha value is -0.860. The van der Waals surface area contributed by atoms with Crippen molar-refractivity contribution in [2.24, 2.45) is 5.92 Å². The van der Waals surface area contributed by atoms with Gasteiger partial charge < -0.3 is 10.1 Å². The summed E-state index contributed by atoms with van der Waals surface area (Å²) in [7, 11) is 2.06. The topological polar surface area (TPSA) is 21.3 Å². The van der Waals surface area contributed by atoms with Gasteiger partial charge in [0, 0.05) is 6.04 Å². The van der Waals surface area contributed by atoms with Gasteiger partial charge in [0.25, 0.3) is 0 Å². The second-order valence-corrected chi connectivity index (χ2v) is 4.62. The minimum absolute atomic E-state index is 0.552. The summed E-state index contributed by atoms with van der Waals surface area (Å²) in [6.07, 6.45) is 2.75. The molecule has 80 valence electrons. The number of rotatable bonds is 3. The zero-order valence-electron chi connectivity index (χ0n) is 9.12. The van der Waals surface area contributed by atoms with Gasteiger partial charge in [-0.25, -0.2) is 0 Å².